The number of carbonyl (C=O) groups excluding carboxylic acids is 2. The first-order valence-electron chi connectivity index (χ1n) is 45.5. The zero-order chi connectivity index (χ0) is 98.1. The van der Waals surface area contributed by atoms with Crippen LogP contribution in [0.25, 0.3) is 55.3 Å². The van der Waals surface area contributed by atoms with Gasteiger partial charge in [0.25, 0.3) is 0 Å². The number of aromatic carboxylic acids is 1. The first-order valence-corrected chi connectivity index (χ1v) is 48.9. The number of benzene rings is 14. The van der Waals surface area contributed by atoms with E-state index in [0.717, 1.165) is 111 Å². The molecular formula is C120H133N5O10S3. The van der Waals surface area contributed by atoms with Gasteiger partial charge in [0, 0.05) is 71.0 Å². The number of aromatic hydroxyl groups is 2. The van der Waals surface area contributed by atoms with Crippen molar-refractivity contribution in [2.45, 2.75) is 207 Å². The molecular weight excluding hydrogens is 1770 g/mol. The number of amidine groups is 2. The Hall–Kier alpha value is -13.1. The first kappa shape index (κ1) is 107. The number of hydrogen-bond donors (Lipinski definition) is 5. The monoisotopic (exact) mass is 1900 g/mol. The molecule has 0 radical (unpaired) electrons. The summed E-state index contributed by atoms with van der Waals surface area (Å²) in [6.45, 7) is 40.5. The Morgan fingerprint density at radius 2 is 0.870 bits per heavy atom. The molecule has 18 heteroatoms. The number of hydrogen-bond acceptors (Lipinski definition) is 17. The molecule has 16 rings (SSSR count). The summed E-state index contributed by atoms with van der Waals surface area (Å²) in [5, 5.41) is 32.9. The van der Waals surface area contributed by atoms with Crippen LogP contribution in [0.3, 0.4) is 0 Å². The minimum atomic E-state index is -0.950. The van der Waals surface area contributed by atoms with E-state index >= 15 is 0 Å². The summed E-state index contributed by atoms with van der Waals surface area (Å²) >= 11 is 1.73. The van der Waals surface area contributed by atoms with Gasteiger partial charge in [-0.25, -0.2) is 35.4 Å². The SMILES string of the molecule is C.C.CC(=O)c1cc(C(C)(C)C)cc(-c2cccc3ccccc23)c1O.CC(=O)c1ccccc1SSc1ccccc1C(=O)O.COc1c(-c2cc(C)cc(C)c2)cc(C(C)(C)C)cc1C1N=C(c2ccccc2)NO1.COc1c(C2=NC(c3ccccc3)ON2)cc(C(C)(C)C)cc1-c1ccccc1-c1ccccc1.CSc1ccccc1CN=Cc1cc(C(C)(C)C)cc(C(C)(C)C)c1O. The van der Waals surface area contributed by atoms with Crippen LogP contribution in [0.5, 0.6) is 23.0 Å². The zero-order valence-electron chi connectivity index (χ0n) is 82.0. The van der Waals surface area contributed by atoms with Crippen molar-refractivity contribution >= 4 is 79.5 Å². The van der Waals surface area contributed by atoms with Gasteiger partial charge in [-0.3, -0.25) is 14.6 Å². The van der Waals surface area contributed by atoms with Crippen molar-refractivity contribution in [2.75, 3.05) is 20.5 Å². The number of carboxylic acids is 1. The van der Waals surface area contributed by atoms with Gasteiger partial charge in [0.15, 0.2) is 23.2 Å². The number of hydroxylamine groups is 2. The highest BCUT2D eigenvalue weighted by molar-refractivity contribution is 8.76. The minimum Gasteiger partial charge on any atom is -0.507 e. The Bertz CT molecular complexity index is 6630. The van der Waals surface area contributed by atoms with E-state index in [9.17, 15) is 24.6 Å². The smallest absolute Gasteiger partial charge is 0.336 e. The lowest BCUT2D eigenvalue weighted by molar-refractivity contribution is 0.0362. The van der Waals surface area contributed by atoms with Gasteiger partial charge in [-0.1, -0.05) is 382 Å². The second kappa shape index (κ2) is 46.9. The highest BCUT2D eigenvalue weighted by Crippen LogP contribution is 2.48. The summed E-state index contributed by atoms with van der Waals surface area (Å²) in [6, 6.07) is 98.9. The molecule has 14 aromatic rings. The molecule has 14 aromatic carbocycles. The number of thioether (sulfide) groups is 1. The third kappa shape index (κ3) is 26.8. The van der Waals surface area contributed by atoms with Gasteiger partial charge >= 0.3 is 5.97 Å². The number of aliphatic imine (C=N–C) groups is 3. The predicted octanol–water partition coefficient (Wildman–Crippen LogP) is 31.3. The number of ether oxygens (including phenoxy) is 2. The molecule has 0 spiro atoms. The predicted molar refractivity (Wildman–Crippen MR) is 579 cm³/mol. The van der Waals surface area contributed by atoms with Gasteiger partial charge in [0.2, 0.25) is 12.5 Å². The number of carboxylic acid groups (broad SMARTS) is 1. The van der Waals surface area contributed by atoms with E-state index in [-0.39, 0.29) is 64.8 Å². The molecule has 2 atom stereocenters. The summed E-state index contributed by atoms with van der Waals surface area (Å²) in [6.07, 6.45) is 3.00. The van der Waals surface area contributed by atoms with Crippen molar-refractivity contribution in [1.29, 1.82) is 0 Å². The van der Waals surface area contributed by atoms with E-state index in [4.69, 9.17) is 34.2 Å². The molecule has 138 heavy (non-hydrogen) atoms. The summed E-state index contributed by atoms with van der Waals surface area (Å²) in [5.41, 5.74) is 29.2. The summed E-state index contributed by atoms with van der Waals surface area (Å²) in [5.74, 6) is 2.28. The van der Waals surface area contributed by atoms with Crippen molar-refractivity contribution < 1.29 is 48.9 Å². The summed E-state index contributed by atoms with van der Waals surface area (Å²) < 4.78 is 12.0. The van der Waals surface area contributed by atoms with Gasteiger partial charge in [-0.05, 0) is 194 Å². The number of aryl methyl sites for hydroxylation is 2. The van der Waals surface area contributed by atoms with E-state index in [1.54, 1.807) is 56.3 Å². The molecule has 0 saturated carbocycles. The van der Waals surface area contributed by atoms with Crippen LogP contribution in [0, 0.1) is 13.8 Å². The fraction of sp³-hybridized carbons (Fsp3) is 0.267. The number of methoxy groups -OCH3 is 2. The van der Waals surface area contributed by atoms with Crippen LogP contribution >= 0.6 is 33.3 Å². The van der Waals surface area contributed by atoms with Crippen LogP contribution in [0.15, 0.2) is 327 Å². The molecule has 2 unspecified atom stereocenters. The van der Waals surface area contributed by atoms with Crippen molar-refractivity contribution in [3.8, 4) is 67.5 Å². The maximum atomic E-state index is 12.0. The van der Waals surface area contributed by atoms with Gasteiger partial charge in [-0.15, -0.1) is 11.8 Å². The van der Waals surface area contributed by atoms with Crippen LogP contribution in [0.4, 0.5) is 0 Å². The van der Waals surface area contributed by atoms with Crippen LogP contribution in [0.1, 0.15) is 248 Å². The molecule has 2 aliphatic heterocycles. The maximum absolute atomic E-state index is 12.0. The molecule has 2 heterocycles. The first-order chi connectivity index (χ1) is 64.6. The third-order valence-electron chi connectivity index (χ3n) is 23.4. The second-order valence-corrected chi connectivity index (χ2v) is 42.0. The normalized spacial score (nSPS) is 13.4. The molecule has 15 nitrogen and oxygen atoms in total. The quantitative estimate of drug-likeness (QED) is 0.0208. The van der Waals surface area contributed by atoms with Crippen LogP contribution in [0.2, 0.25) is 0 Å². The van der Waals surface area contributed by atoms with E-state index in [1.807, 2.05) is 146 Å². The number of nitrogens with zero attached hydrogens (tertiary/aromatic N) is 3. The average molecular weight is 1900 g/mol. The lowest BCUT2D eigenvalue weighted by Crippen LogP contribution is -2.21. The number of Topliss-reactive ketones (excluding diaryl/α,β-unsaturated/α-hetero) is 2. The zero-order valence-corrected chi connectivity index (χ0v) is 84.4. The molecule has 0 amide bonds. The molecule has 5 N–H and O–H groups in total. The molecule has 0 bridgehead atoms. The van der Waals surface area contributed by atoms with E-state index < -0.39 is 18.4 Å². The number of rotatable bonds is 20. The van der Waals surface area contributed by atoms with Gasteiger partial charge in [0.05, 0.1) is 37.5 Å². The van der Waals surface area contributed by atoms with Crippen molar-refractivity contribution in [3.63, 3.8) is 0 Å². The minimum absolute atomic E-state index is 0. The number of phenols is 2. The second-order valence-electron chi connectivity index (χ2n) is 38.9. The molecule has 0 aliphatic carbocycles. The standard InChI is InChI=1S/C31H30N2O2.C27H30N2O2.C23H31NOS.C22H22O2.C15H12O3S2.2CH4/c1-31(2,3)23-19-26(25-18-12-11-17-24(25)21-13-7-5-8-14-21)28(34-4)27(20-23)29-32-30(35-33-29)22-15-9-6-10-16-22;1-17-12-18(2)14-20(13-17)22-15-21(27(3,4)5)16-23(24(22)30-6)26-28-25(29-31-26)19-10-8-7-9-11-19;1-22(2,3)18-12-17(21(25)19(13-18)23(4,5)6)15-24-14-16-10-8-9-11-20(16)26-7;1-14(23)19-12-16(22(2,3)4)13-20(21(19)24)18-11-7-9-15-8-5-6-10-17(15)18;1-10(16)11-6-2-4-8-13(11)19-20-14-9-5-3-7-12(14)15(17)18;;/h5-20,30H,1-4H3,(H,32,33);7-16,26H,1-6H3,(H,28,29);8-13,15,25H,14H2,1-7H3;5-13,24H,1-4H3;2-9H,1H3,(H,17,18);2*1H4. The highest BCUT2D eigenvalue weighted by Gasteiger charge is 2.33. The fourth-order valence-corrected chi connectivity index (χ4v) is 18.9. The van der Waals surface area contributed by atoms with Crippen LogP contribution < -0.4 is 20.4 Å². The molecule has 0 aromatic heterocycles. The fourth-order valence-electron chi connectivity index (χ4n) is 15.9. The Morgan fingerprint density at radius 1 is 0.413 bits per heavy atom. The highest BCUT2D eigenvalue weighted by atomic mass is 33.1. The number of ketones is 2. The summed E-state index contributed by atoms with van der Waals surface area (Å²) in [4.78, 5) is 63.6. The van der Waals surface area contributed by atoms with E-state index in [0.29, 0.717) is 39.7 Å². The molecule has 0 fully saturated rings. The van der Waals surface area contributed by atoms with Crippen molar-refractivity contribution in [3.05, 3.63) is 386 Å². The van der Waals surface area contributed by atoms with E-state index in [1.165, 1.54) is 73.7 Å². The molecule has 716 valence electrons. The third-order valence-corrected chi connectivity index (χ3v) is 26.7. The van der Waals surface area contributed by atoms with Crippen LogP contribution in [-0.2, 0) is 43.3 Å². The Kier molecular flexibility index (Phi) is 36.3. The largest absolute Gasteiger partial charge is 0.507 e. The number of phenolic OH excluding ortho intramolecular Hbond substituents is 2. The Balaban J connectivity index is 0.000000180. The van der Waals surface area contributed by atoms with Crippen LogP contribution in [-0.4, -0.2) is 71.2 Å². The van der Waals surface area contributed by atoms with Gasteiger partial charge < -0.3 is 24.8 Å². The number of nitrogens with one attached hydrogen (secondary N) is 2. The number of carbonyl (C=O) groups is 3. The number of fused-ring (bicyclic) bond motifs is 1. The summed E-state index contributed by atoms with van der Waals surface area (Å²) in [7, 11) is 6.17. The molecule has 2 aliphatic rings. The molecule has 0 saturated heterocycles. The van der Waals surface area contributed by atoms with Crippen molar-refractivity contribution in [1.82, 2.24) is 11.0 Å². The van der Waals surface area contributed by atoms with E-state index in [2.05, 4.69) is 267 Å². The van der Waals surface area contributed by atoms with Gasteiger partial charge in [0.1, 0.15) is 23.0 Å². The maximum Gasteiger partial charge on any atom is 0.336 e. The average Bonchev–Trinajstić information content (AvgIpc) is 1.42. The lowest BCUT2D eigenvalue weighted by atomic mass is 9.79. The Labute approximate surface area is 829 Å². The van der Waals surface area contributed by atoms with Crippen molar-refractivity contribution in [2.24, 2.45) is 15.0 Å². The Morgan fingerprint density at radius 3 is 1.45 bits per heavy atom. The lowest BCUT2D eigenvalue weighted by Gasteiger charge is -2.27. The topological polar surface area (TPSA) is 210 Å². The van der Waals surface area contributed by atoms with Gasteiger partial charge in [-0.2, -0.15) is 0 Å².